The Bertz CT molecular complexity index is 701. The third-order valence-corrected chi connectivity index (χ3v) is 2.59. The molecular weight excluding hydrogens is 264 g/mol. The third-order valence-electron chi connectivity index (χ3n) is 2.59. The fourth-order valence-electron chi connectivity index (χ4n) is 1.55. The molecule has 6 heteroatoms. The normalized spacial score (nSPS) is 10.2. The lowest BCUT2D eigenvalue weighted by Gasteiger charge is -2.06. The molecule has 0 fully saturated rings. The first-order chi connectivity index (χ1) is 9.47. The van der Waals surface area contributed by atoms with Gasteiger partial charge in [0.05, 0.1) is 0 Å². The maximum atomic E-state index is 11.8. The van der Waals surface area contributed by atoms with Crippen LogP contribution in [0.1, 0.15) is 21.7 Å². The van der Waals surface area contributed by atoms with Crippen molar-refractivity contribution in [3.63, 3.8) is 0 Å². The predicted molar refractivity (Wildman–Crippen MR) is 68.6 cm³/mol. The maximum Gasteiger partial charge on any atom is 0.342 e. The monoisotopic (exact) mass is 276 g/mol. The molecule has 2 N–H and O–H groups in total. The molecule has 0 aliphatic carbocycles. The Morgan fingerprint density at radius 2 is 2.00 bits per heavy atom. The Morgan fingerprint density at radius 1 is 1.25 bits per heavy atom. The highest BCUT2D eigenvalue weighted by atomic mass is 16.5. The van der Waals surface area contributed by atoms with Crippen molar-refractivity contribution < 1.29 is 24.2 Å². The van der Waals surface area contributed by atoms with Gasteiger partial charge in [-0.2, -0.15) is 0 Å². The maximum absolute atomic E-state index is 11.8. The molecule has 2 aromatic rings. The number of aryl methyl sites for hydroxylation is 1. The molecule has 0 radical (unpaired) electrons. The van der Waals surface area contributed by atoms with Gasteiger partial charge in [0.1, 0.15) is 29.9 Å². The third kappa shape index (κ3) is 2.97. The van der Waals surface area contributed by atoms with Crippen LogP contribution in [0.5, 0.6) is 11.5 Å². The summed E-state index contributed by atoms with van der Waals surface area (Å²) in [5, 5.41) is 18.6. The minimum absolute atomic E-state index is 0.0247. The van der Waals surface area contributed by atoms with Gasteiger partial charge in [0.15, 0.2) is 5.75 Å². The number of hydrogen-bond donors (Lipinski definition) is 2. The van der Waals surface area contributed by atoms with E-state index < -0.39 is 17.1 Å². The zero-order valence-corrected chi connectivity index (χ0v) is 10.6. The molecule has 0 spiro atoms. The highest BCUT2D eigenvalue weighted by molar-refractivity contribution is 5.92. The van der Waals surface area contributed by atoms with Crippen molar-refractivity contribution in [1.29, 1.82) is 0 Å². The zero-order valence-electron chi connectivity index (χ0n) is 10.6. The molecule has 0 aliphatic rings. The summed E-state index contributed by atoms with van der Waals surface area (Å²) < 4.78 is 9.80. The van der Waals surface area contributed by atoms with Crippen molar-refractivity contribution >= 4 is 5.97 Å². The largest absolute Gasteiger partial charge is 0.507 e. The van der Waals surface area contributed by atoms with Gasteiger partial charge in [-0.3, -0.25) is 4.79 Å². The number of ether oxygens (including phenoxy) is 1. The molecule has 0 unspecified atom stereocenters. The highest BCUT2D eigenvalue weighted by Gasteiger charge is 2.13. The number of benzene rings is 1. The van der Waals surface area contributed by atoms with E-state index in [1.807, 2.05) is 0 Å². The number of carbonyl (C=O) groups is 1. The van der Waals surface area contributed by atoms with Gasteiger partial charge in [0, 0.05) is 6.07 Å². The number of phenols is 1. The minimum atomic E-state index is -0.738. The summed E-state index contributed by atoms with van der Waals surface area (Å²) in [5.74, 6) is -1.34. The Kier molecular flexibility index (Phi) is 3.74. The molecule has 1 heterocycles. The standard InChI is InChI=1S/C14H12O6/c1-8-2-3-10(11(15)4-8)14(18)20-6-9-5-12(16)13(17)7-19-9/h2-5,7,15,17H,6H2,1H3. The van der Waals surface area contributed by atoms with E-state index in [1.165, 1.54) is 12.1 Å². The minimum Gasteiger partial charge on any atom is -0.507 e. The first kappa shape index (κ1) is 13.7. The fourth-order valence-corrected chi connectivity index (χ4v) is 1.55. The Balaban J connectivity index is 2.08. The summed E-state index contributed by atoms with van der Waals surface area (Å²) in [7, 11) is 0. The quantitative estimate of drug-likeness (QED) is 0.828. The number of esters is 1. The summed E-state index contributed by atoms with van der Waals surface area (Å²) in [4.78, 5) is 22.9. The fraction of sp³-hybridized carbons (Fsp3) is 0.143. The van der Waals surface area contributed by atoms with E-state index in [2.05, 4.69) is 0 Å². The van der Waals surface area contributed by atoms with Crippen LogP contribution in [0.25, 0.3) is 0 Å². The van der Waals surface area contributed by atoms with Gasteiger partial charge in [-0.15, -0.1) is 0 Å². The van der Waals surface area contributed by atoms with E-state index in [-0.39, 0.29) is 23.7 Å². The van der Waals surface area contributed by atoms with Gasteiger partial charge in [-0.25, -0.2) is 4.79 Å². The van der Waals surface area contributed by atoms with Crippen molar-refractivity contribution in [2.75, 3.05) is 0 Å². The molecule has 0 saturated heterocycles. The average molecular weight is 276 g/mol. The lowest BCUT2D eigenvalue weighted by molar-refractivity contribution is 0.0439. The second kappa shape index (κ2) is 5.48. The van der Waals surface area contributed by atoms with Gasteiger partial charge < -0.3 is 19.4 Å². The average Bonchev–Trinajstić information content (AvgIpc) is 2.40. The van der Waals surface area contributed by atoms with E-state index in [0.717, 1.165) is 17.9 Å². The zero-order chi connectivity index (χ0) is 14.7. The van der Waals surface area contributed by atoms with Crippen LogP contribution in [0.15, 0.2) is 39.7 Å². The molecule has 0 aliphatic heterocycles. The van der Waals surface area contributed by atoms with Gasteiger partial charge in [0.25, 0.3) is 0 Å². The highest BCUT2D eigenvalue weighted by Crippen LogP contribution is 2.19. The summed E-state index contributed by atoms with van der Waals surface area (Å²) in [6.07, 6.45) is 0.870. The lowest BCUT2D eigenvalue weighted by Crippen LogP contribution is -2.07. The van der Waals surface area contributed by atoms with Gasteiger partial charge >= 0.3 is 5.97 Å². The summed E-state index contributed by atoms with van der Waals surface area (Å²) in [6.45, 7) is 1.50. The Labute approximate surface area is 113 Å². The lowest BCUT2D eigenvalue weighted by atomic mass is 10.1. The molecule has 20 heavy (non-hydrogen) atoms. The van der Waals surface area contributed by atoms with Crippen LogP contribution in [0.2, 0.25) is 0 Å². The number of aromatic hydroxyl groups is 2. The number of phenolic OH excluding ortho intramolecular Hbond substituents is 1. The van der Waals surface area contributed by atoms with Crippen LogP contribution in [0, 0.1) is 6.92 Å². The summed E-state index contributed by atoms with van der Waals surface area (Å²) >= 11 is 0. The Morgan fingerprint density at radius 3 is 2.65 bits per heavy atom. The second-order valence-electron chi connectivity index (χ2n) is 4.19. The van der Waals surface area contributed by atoms with E-state index in [9.17, 15) is 14.7 Å². The van der Waals surface area contributed by atoms with E-state index in [0.29, 0.717) is 0 Å². The first-order valence-electron chi connectivity index (χ1n) is 5.75. The van der Waals surface area contributed by atoms with Gasteiger partial charge in [-0.1, -0.05) is 6.07 Å². The van der Waals surface area contributed by atoms with Crippen LogP contribution in [0.3, 0.4) is 0 Å². The van der Waals surface area contributed by atoms with Crippen molar-refractivity contribution in [1.82, 2.24) is 0 Å². The molecular formula is C14H12O6. The van der Waals surface area contributed by atoms with E-state index >= 15 is 0 Å². The van der Waals surface area contributed by atoms with Crippen molar-refractivity contribution in [3.05, 3.63) is 57.6 Å². The smallest absolute Gasteiger partial charge is 0.342 e. The van der Waals surface area contributed by atoms with Crippen LogP contribution in [-0.2, 0) is 11.3 Å². The van der Waals surface area contributed by atoms with Crippen molar-refractivity contribution in [2.24, 2.45) is 0 Å². The second-order valence-corrected chi connectivity index (χ2v) is 4.19. The Hall–Kier alpha value is -2.76. The number of hydrogen-bond acceptors (Lipinski definition) is 6. The van der Waals surface area contributed by atoms with Gasteiger partial charge in [-0.05, 0) is 24.6 Å². The summed E-state index contributed by atoms with van der Waals surface area (Å²) in [6, 6.07) is 5.58. The molecule has 1 aromatic heterocycles. The van der Waals surface area contributed by atoms with Crippen LogP contribution in [-0.4, -0.2) is 16.2 Å². The van der Waals surface area contributed by atoms with Crippen LogP contribution >= 0.6 is 0 Å². The van der Waals surface area contributed by atoms with E-state index in [4.69, 9.17) is 14.3 Å². The predicted octanol–water partition coefficient (Wildman–Crippen LogP) is 1.72. The molecule has 1 aromatic carbocycles. The van der Waals surface area contributed by atoms with Crippen LogP contribution < -0.4 is 5.43 Å². The molecule has 0 amide bonds. The van der Waals surface area contributed by atoms with Crippen molar-refractivity contribution in [2.45, 2.75) is 13.5 Å². The summed E-state index contributed by atoms with van der Waals surface area (Å²) in [5.41, 5.74) is 0.209. The topological polar surface area (TPSA) is 97.0 Å². The SMILES string of the molecule is Cc1ccc(C(=O)OCc2cc(=O)c(O)co2)c(O)c1. The molecule has 0 saturated carbocycles. The van der Waals surface area contributed by atoms with Crippen molar-refractivity contribution in [3.8, 4) is 11.5 Å². The first-order valence-corrected chi connectivity index (χ1v) is 5.75. The number of carbonyl (C=O) groups excluding carboxylic acids is 1. The molecule has 104 valence electrons. The molecule has 6 nitrogen and oxygen atoms in total. The molecule has 0 atom stereocenters. The molecule has 0 bridgehead atoms. The van der Waals surface area contributed by atoms with Crippen LogP contribution in [0.4, 0.5) is 0 Å². The van der Waals surface area contributed by atoms with Gasteiger partial charge in [0.2, 0.25) is 5.43 Å². The molecule has 2 rings (SSSR count). The number of rotatable bonds is 3. The van der Waals surface area contributed by atoms with E-state index in [1.54, 1.807) is 13.0 Å².